The third-order valence-corrected chi connectivity index (χ3v) is 5.24. The van der Waals surface area contributed by atoms with Gasteiger partial charge in [-0.05, 0) is 25.1 Å². The normalized spacial score (nSPS) is 19.1. The lowest BCUT2D eigenvalue weighted by Gasteiger charge is -2.31. The highest BCUT2D eigenvalue weighted by molar-refractivity contribution is 7.89. The second kappa shape index (κ2) is 6.74. The molecule has 2 aromatic carbocycles. The summed E-state index contributed by atoms with van der Waals surface area (Å²) in [7, 11) is -4.02. The lowest BCUT2D eigenvalue weighted by molar-refractivity contribution is -0.0258. The van der Waals surface area contributed by atoms with E-state index in [4.69, 9.17) is 21.5 Å². The van der Waals surface area contributed by atoms with E-state index in [-0.39, 0.29) is 21.3 Å². The van der Waals surface area contributed by atoms with E-state index in [1.165, 1.54) is 12.1 Å². The van der Waals surface area contributed by atoms with Gasteiger partial charge in [-0.1, -0.05) is 35.9 Å². The molecule has 0 aromatic heterocycles. The highest BCUT2D eigenvalue weighted by Gasteiger charge is 2.45. The number of nitrogens with one attached hydrogen (secondary N) is 1. The molecule has 1 amide bonds. The summed E-state index contributed by atoms with van der Waals surface area (Å²) in [4.78, 5) is 12.1. The number of hydrogen-bond donors (Lipinski definition) is 2. The predicted molar refractivity (Wildman–Crippen MR) is 92.8 cm³/mol. The second-order valence-corrected chi connectivity index (χ2v) is 7.24. The average Bonchev–Trinajstić information content (AvgIpc) is 2.81. The van der Waals surface area contributed by atoms with Gasteiger partial charge in [-0.2, -0.15) is 0 Å². The van der Waals surface area contributed by atoms with Crippen molar-refractivity contribution in [1.29, 1.82) is 0 Å². The van der Waals surface area contributed by atoms with Crippen molar-refractivity contribution in [3.63, 3.8) is 0 Å². The molecule has 0 bridgehead atoms. The molecule has 0 fully saturated rings. The summed E-state index contributed by atoms with van der Waals surface area (Å²) in [5, 5.41) is 8.04. The number of rotatable bonds is 4. The Morgan fingerprint density at radius 1 is 1.24 bits per heavy atom. The number of ether oxygens (including phenoxy) is 1. The summed E-state index contributed by atoms with van der Waals surface area (Å²) >= 11 is 5.95. The van der Waals surface area contributed by atoms with E-state index >= 15 is 0 Å². The zero-order chi connectivity index (χ0) is 17.5. The molecule has 1 aliphatic rings. The van der Waals surface area contributed by atoms with Crippen LogP contribution in [0.5, 0.6) is 0 Å². The van der Waals surface area contributed by atoms with Crippen molar-refractivity contribution >= 4 is 27.5 Å². The molecule has 2 aromatic rings. The number of primary sulfonamides is 1. The molecule has 0 saturated heterocycles. The number of benzene rings is 2. The van der Waals surface area contributed by atoms with Crippen LogP contribution in [0.15, 0.2) is 47.4 Å². The van der Waals surface area contributed by atoms with Crippen LogP contribution in [0.4, 0.5) is 0 Å². The third kappa shape index (κ3) is 3.14. The van der Waals surface area contributed by atoms with E-state index in [2.05, 4.69) is 5.32 Å². The topological polar surface area (TPSA) is 130 Å². The lowest BCUT2D eigenvalue weighted by atomic mass is 9.94. The Kier molecular flexibility index (Phi) is 5.22. The largest absolute Gasteiger partial charge is 0.412 e. The molecule has 0 spiro atoms. The van der Waals surface area contributed by atoms with Gasteiger partial charge < -0.3 is 15.5 Å². The van der Waals surface area contributed by atoms with Crippen molar-refractivity contribution in [3.05, 3.63) is 64.2 Å². The zero-order valence-corrected chi connectivity index (χ0v) is 14.8. The monoisotopic (exact) mass is 384 g/mol. The highest BCUT2D eigenvalue weighted by Crippen LogP contribution is 2.39. The maximum absolute atomic E-state index is 12.3. The maximum atomic E-state index is 12.3. The van der Waals surface area contributed by atoms with E-state index in [1.807, 2.05) is 0 Å². The summed E-state index contributed by atoms with van der Waals surface area (Å²) in [6.07, 6.45) is 0. The van der Waals surface area contributed by atoms with Crippen LogP contribution in [0.1, 0.15) is 28.4 Å². The van der Waals surface area contributed by atoms with Crippen LogP contribution in [0, 0.1) is 0 Å². The van der Waals surface area contributed by atoms with Gasteiger partial charge in [-0.3, -0.25) is 4.79 Å². The summed E-state index contributed by atoms with van der Waals surface area (Å²) in [6.45, 7) is 2.08. The fourth-order valence-electron chi connectivity index (χ4n) is 2.86. The first-order chi connectivity index (χ1) is 11.3. The molecule has 7 nitrogen and oxygen atoms in total. The molecule has 0 saturated carbocycles. The first-order valence-corrected chi connectivity index (χ1v) is 9.11. The first kappa shape index (κ1) is 19.4. The Bertz CT molecular complexity index is 932. The molecule has 1 unspecified atom stereocenters. The van der Waals surface area contributed by atoms with Crippen LogP contribution in [0.25, 0.3) is 0 Å². The molecule has 1 aliphatic heterocycles. The van der Waals surface area contributed by atoms with E-state index < -0.39 is 15.7 Å². The minimum Gasteiger partial charge on any atom is -0.412 e. The van der Waals surface area contributed by atoms with E-state index in [1.54, 1.807) is 37.3 Å². The van der Waals surface area contributed by atoms with Gasteiger partial charge in [0.2, 0.25) is 10.0 Å². The van der Waals surface area contributed by atoms with E-state index in [9.17, 15) is 13.2 Å². The molecule has 134 valence electrons. The predicted octanol–water partition coefficient (Wildman–Crippen LogP) is 1.14. The quantitative estimate of drug-likeness (QED) is 0.818. The van der Waals surface area contributed by atoms with Gasteiger partial charge in [-0.25, -0.2) is 13.6 Å². The second-order valence-electron chi connectivity index (χ2n) is 5.30. The SMILES string of the molecule is CCOC1(c2ccc(Cl)c(S(N)(=O)=O)c2)NC(=O)c2ccccc21.O. The molecule has 5 N–H and O–H groups in total. The van der Waals surface area contributed by atoms with Gasteiger partial charge in [0, 0.05) is 23.3 Å². The van der Waals surface area contributed by atoms with Crippen molar-refractivity contribution < 1.29 is 23.4 Å². The maximum Gasteiger partial charge on any atom is 0.254 e. The summed E-state index contributed by atoms with van der Waals surface area (Å²) in [5.41, 5.74) is 0.223. The lowest BCUT2D eigenvalue weighted by Crippen LogP contribution is -2.43. The smallest absolute Gasteiger partial charge is 0.254 e. The molecule has 25 heavy (non-hydrogen) atoms. The average molecular weight is 385 g/mol. The molecule has 1 atom stereocenters. The summed E-state index contributed by atoms with van der Waals surface area (Å²) < 4.78 is 29.4. The van der Waals surface area contributed by atoms with Crippen LogP contribution in [0.3, 0.4) is 0 Å². The highest BCUT2D eigenvalue weighted by atomic mass is 35.5. The van der Waals surface area contributed by atoms with Crippen LogP contribution in [-0.4, -0.2) is 26.4 Å². The molecule has 0 aliphatic carbocycles. The van der Waals surface area contributed by atoms with Crippen molar-refractivity contribution in [3.8, 4) is 0 Å². The fraction of sp³-hybridized carbons (Fsp3) is 0.188. The van der Waals surface area contributed by atoms with Gasteiger partial charge in [0.15, 0.2) is 5.72 Å². The van der Waals surface area contributed by atoms with Crippen molar-refractivity contribution in [2.75, 3.05) is 6.61 Å². The van der Waals surface area contributed by atoms with Crippen LogP contribution in [0.2, 0.25) is 5.02 Å². The van der Waals surface area contributed by atoms with Gasteiger partial charge in [0.25, 0.3) is 5.91 Å². The summed E-state index contributed by atoms with van der Waals surface area (Å²) in [5.74, 6) is -0.300. The fourth-order valence-corrected chi connectivity index (χ4v) is 3.94. The molecular weight excluding hydrogens is 368 g/mol. The number of halogens is 1. The number of hydrogen-bond acceptors (Lipinski definition) is 4. The van der Waals surface area contributed by atoms with Crippen LogP contribution >= 0.6 is 11.6 Å². The third-order valence-electron chi connectivity index (χ3n) is 3.85. The Labute approximate surface area is 150 Å². The minimum absolute atomic E-state index is 0. The Morgan fingerprint density at radius 3 is 2.56 bits per heavy atom. The van der Waals surface area contributed by atoms with Crippen LogP contribution < -0.4 is 10.5 Å². The van der Waals surface area contributed by atoms with Gasteiger partial charge in [0.05, 0.1) is 5.02 Å². The number of carbonyl (C=O) groups is 1. The van der Waals surface area contributed by atoms with Gasteiger partial charge in [-0.15, -0.1) is 0 Å². The number of sulfonamides is 1. The standard InChI is InChI=1S/C16H15ClN2O4S.H2O/c1-2-23-16(12-6-4-3-5-11(12)15(20)19-16)10-7-8-13(17)14(9-10)24(18,21)22;/h3-9H,2H2,1H3,(H,19,20)(H2,18,21,22);1H2. The number of fused-ring (bicyclic) bond motifs is 1. The zero-order valence-electron chi connectivity index (χ0n) is 13.2. The number of nitrogens with two attached hydrogens (primary N) is 1. The van der Waals surface area contributed by atoms with Crippen molar-refractivity contribution in [2.24, 2.45) is 5.14 Å². The first-order valence-electron chi connectivity index (χ1n) is 7.18. The number of carbonyl (C=O) groups excluding carboxylic acids is 1. The van der Waals surface area contributed by atoms with Crippen molar-refractivity contribution in [1.82, 2.24) is 5.32 Å². The van der Waals surface area contributed by atoms with Crippen LogP contribution in [-0.2, 0) is 20.5 Å². The van der Waals surface area contributed by atoms with Crippen molar-refractivity contribution in [2.45, 2.75) is 17.5 Å². The molecule has 3 rings (SSSR count). The van der Waals surface area contributed by atoms with E-state index in [0.29, 0.717) is 23.3 Å². The van der Waals surface area contributed by atoms with E-state index in [0.717, 1.165) is 0 Å². The molecular formula is C16H17ClN2O5S. The van der Waals surface area contributed by atoms with Gasteiger partial charge in [0.1, 0.15) is 4.90 Å². The Balaban J connectivity index is 0.00000225. The minimum atomic E-state index is -4.02. The molecule has 1 heterocycles. The molecule has 0 radical (unpaired) electrons. The van der Waals surface area contributed by atoms with Gasteiger partial charge >= 0.3 is 0 Å². The number of amides is 1. The Morgan fingerprint density at radius 2 is 1.92 bits per heavy atom. The Hall–Kier alpha value is -1.97. The molecule has 9 heteroatoms. The summed E-state index contributed by atoms with van der Waals surface area (Å²) in [6, 6.07) is 11.3.